The average Bonchev–Trinajstić information content (AvgIpc) is 2.98. The molecule has 1 aliphatic rings. The maximum Gasteiger partial charge on any atom is 0.340 e. The molecule has 2 rings (SSSR count). The smallest absolute Gasteiger partial charge is 0.340 e. The van der Waals surface area contributed by atoms with E-state index in [4.69, 9.17) is 32.7 Å². The van der Waals surface area contributed by atoms with Crippen LogP contribution in [0.15, 0.2) is 18.2 Å². The van der Waals surface area contributed by atoms with Gasteiger partial charge in [0.25, 0.3) is 5.91 Å². The van der Waals surface area contributed by atoms with E-state index in [1.54, 1.807) is 6.07 Å². The molecule has 0 radical (unpaired) electrons. The van der Waals surface area contributed by atoms with E-state index in [1.165, 1.54) is 12.1 Å². The van der Waals surface area contributed by atoms with Gasteiger partial charge in [0.1, 0.15) is 0 Å². The summed E-state index contributed by atoms with van der Waals surface area (Å²) < 4.78 is 10.3. The number of nitrogens with one attached hydrogen (secondary N) is 1. The highest BCUT2D eigenvalue weighted by Gasteiger charge is 2.17. The molecule has 114 valence electrons. The third kappa shape index (κ3) is 4.88. The van der Waals surface area contributed by atoms with Gasteiger partial charge in [0, 0.05) is 18.2 Å². The monoisotopic (exact) mass is 331 g/mol. The van der Waals surface area contributed by atoms with Crippen molar-refractivity contribution in [1.29, 1.82) is 0 Å². The molecule has 5 nitrogen and oxygen atoms in total. The molecular formula is C14H15Cl2NO4. The zero-order valence-corrected chi connectivity index (χ0v) is 12.7. The van der Waals surface area contributed by atoms with Gasteiger partial charge < -0.3 is 14.8 Å². The lowest BCUT2D eigenvalue weighted by Gasteiger charge is -2.11. The van der Waals surface area contributed by atoms with E-state index in [1.807, 2.05) is 0 Å². The van der Waals surface area contributed by atoms with Crippen molar-refractivity contribution in [1.82, 2.24) is 5.32 Å². The molecule has 21 heavy (non-hydrogen) atoms. The van der Waals surface area contributed by atoms with Crippen molar-refractivity contribution in [2.75, 3.05) is 19.8 Å². The lowest BCUT2D eigenvalue weighted by atomic mass is 10.2. The van der Waals surface area contributed by atoms with Crippen molar-refractivity contribution in [2.24, 2.45) is 0 Å². The number of esters is 1. The van der Waals surface area contributed by atoms with Crippen molar-refractivity contribution >= 4 is 35.1 Å². The lowest BCUT2D eigenvalue weighted by Crippen LogP contribution is -2.34. The number of benzene rings is 1. The number of hydrogen-bond acceptors (Lipinski definition) is 4. The van der Waals surface area contributed by atoms with Crippen molar-refractivity contribution < 1.29 is 19.1 Å². The van der Waals surface area contributed by atoms with E-state index in [2.05, 4.69) is 5.32 Å². The predicted molar refractivity (Wildman–Crippen MR) is 78.7 cm³/mol. The number of amides is 1. The van der Waals surface area contributed by atoms with E-state index in [0.29, 0.717) is 11.6 Å². The molecule has 1 aliphatic heterocycles. The lowest BCUT2D eigenvalue weighted by molar-refractivity contribution is -0.124. The van der Waals surface area contributed by atoms with Crippen LogP contribution in [0.1, 0.15) is 23.2 Å². The Kier molecular flexibility index (Phi) is 5.85. The molecule has 0 bridgehead atoms. The maximum absolute atomic E-state index is 11.8. The standard InChI is InChI=1S/C14H15Cl2NO4/c15-9-3-4-12(16)11(6-9)14(19)21-8-13(18)17-7-10-2-1-5-20-10/h3-4,6,10H,1-2,5,7-8H2,(H,17,18). The molecule has 1 aromatic rings. The first-order chi connectivity index (χ1) is 10.1. The predicted octanol–water partition coefficient (Wildman–Crippen LogP) is 2.45. The number of rotatable bonds is 5. The molecule has 1 fully saturated rings. The van der Waals surface area contributed by atoms with Gasteiger partial charge in [-0.15, -0.1) is 0 Å². The van der Waals surface area contributed by atoms with Gasteiger partial charge in [-0.1, -0.05) is 23.2 Å². The van der Waals surface area contributed by atoms with Crippen molar-refractivity contribution in [3.05, 3.63) is 33.8 Å². The van der Waals surface area contributed by atoms with Crippen LogP contribution in [0.25, 0.3) is 0 Å². The summed E-state index contributed by atoms with van der Waals surface area (Å²) in [6, 6.07) is 4.46. The minimum Gasteiger partial charge on any atom is -0.452 e. The molecular weight excluding hydrogens is 317 g/mol. The van der Waals surface area contributed by atoms with E-state index >= 15 is 0 Å². The highest BCUT2D eigenvalue weighted by molar-refractivity contribution is 6.35. The summed E-state index contributed by atoms with van der Waals surface area (Å²) in [4.78, 5) is 23.4. The van der Waals surface area contributed by atoms with Crippen LogP contribution in [0, 0.1) is 0 Å². The van der Waals surface area contributed by atoms with Crippen molar-refractivity contribution in [3.8, 4) is 0 Å². The third-order valence-electron chi connectivity index (χ3n) is 3.03. The summed E-state index contributed by atoms with van der Waals surface area (Å²) >= 11 is 11.7. The van der Waals surface area contributed by atoms with Gasteiger partial charge >= 0.3 is 5.97 Å². The Hall–Kier alpha value is -1.30. The first kappa shape index (κ1) is 16.1. The van der Waals surface area contributed by atoms with Crippen molar-refractivity contribution in [3.63, 3.8) is 0 Å². The van der Waals surface area contributed by atoms with Crippen LogP contribution in [-0.2, 0) is 14.3 Å². The van der Waals surface area contributed by atoms with Gasteiger partial charge in [0.2, 0.25) is 0 Å². The SMILES string of the molecule is O=C(COC(=O)c1cc(Cl)ccc1Cl)NCC1CCCO1. The third-order valence-corrected chi connectivity index (χ3v) is 3.60. The summed E-state index contributed by atoms with van der Waals surface area (Å²) in [6.45, 7) is 0.783. The number of halogens is 2. The highest BCUT2D eigenvalue weighted by Crippen LogP contribution is 2.21. The molecule has 0 aromatic heterocycles. The van der Waals surface area contributed by atoms with Crippen LogP contribution >= 0.6 is 23.2 Å². The molecule has 1 atom stereocenters. The zero-order valence-electron chi connectivity index (χ0n) is 11.2. The highest BCUT2D eigenvalue weighted by atomic mass is 35.5. The minimum absolute atomic E-state index is 0.0482. The Morgan fingerprint density at radius 1 is 1.38 bits per heavy atom. The van der Waals surface area contributed by atoms with E-state index in [0.717, 1.165) is 19.4 Å². The summed E-state index contributed by atoms with van der Waals surface area (Å²) in [5.74, 6) is -1.06. The van der Waals surface area contributed by atoms with Gasteiger partial charge in [0.15, 0.2) is 6.61 Å². The number of hydrogen-bond donors (Lipinski definition) is 1. The first-order valence-electron chi connectivity index (χ1n) is 6.57. The molecule has 1 aromatic carbocycles. The zero-order chi connectivity index (χ0) is 15.2. The molecule has 1 saturated heterocycles. The van der Waals surface area contributed by atoms with Crippen LogP contribution < -0.4 is 5.32 Å². The fourth-order valence-electron chi connectivity index (χ4n) is 1.95. The van der Waals surface area contributed by atoms with E-state index < -0.39 is 5.97 Å². The largest absolute Gasteiger partial charge is 0.452 e. The summed E-state index contributed by atoms with van der Waals surface area (Å²) in [7, 11) is 0. The fraction of sp³-hybridized carbons (Fsp3) is 0.429. The van der Waals surface area contributed by atoms with Gasteiger partial charge in [-0.3, -0.25) is 4.79 Å². The summed E-state index contributed by atoms with van der Waals surface area (Å²) in [5, 5.41) is 3.25. The quantitative estimate of drug-likeness (QED) is 0.841. The average molecular weight is 332 g/mol. The molecule has 1 amide bonds. The topological polar surface area (TPSA) is 64.6 Å². The molecule has 0 aliphatic carbocycles. The number of carbonyl (C=O) groups is 2. The van der Waals surface area contributed by atoms with Crippen LogP contribution in [0.4, 0.5) is 0 Å². The normalized spacial score (nSPS) is 17.5. The Labute approximate surface area is 132 Å². The molecule has 7 heteroatoms. The molecule has 0 saturated carbocycles. The molecule has 1 unspecified atom stereocenters. The molecule has 1 heterocycles. The van der Waals surface area contributed by atoms with Crippen molar-refractivity contribution in [2.45, 2.75) is 18.9 Å². The first-order valence-corrected chi connectivity index (χ1v) is 7.32. The van der Waals surface area contributed by atoms with Gasteiger partial charge in [-0.2, -0.15) is 0 Å². The summed E-state index contributed by atoms with van der Waals surface area (Å²) in [6.07, 6.45) is 1.98. The summed E-state index contributed by atoms with van der Waals surface area (Å²) in [5.41, 5.74) is 0.135. The van der Waals surface area contributed by atoms with Gasteiger partial charge in [-0.05, 0) is 31.0 Å². The van der Waals surface area contributed by atoms with E-state index in [-0.39, 0.29) is 29.2 Å². The van der Waals surface area contributed by atoms with Crippen LogP contribution in [-0.4, -0.2) is 37.7 Å². The second kappa shape index (κ2) is 7.64. The molecule has 1 N–H and O–H groups in total. The maximum atomic E-state index is 11.8. The number of ether oxygens (including phenoxy) is 2. The van der Waals surface area contributed by atoms with Gasteiger partial charge in [-0.25, -0.2) is 4.79 Å². The molecule has 0 spiro atoms. The minimum atomic E-state index is -0.685. The Balaban J connectivity index is 1.77. The second-order valence-corrected chi connectivity index (χ2v) is 5.48. The number of carbonyl (C=O) groups excluding carboxylic acids is 2. The Morgan fingerprint density at radius 3 is 2.90 bits per heavy atom. The Bertz CT molecular complexity index is 530. The Morgan fingerprint density at radius 2 is 2.19 bits per heavy atom. The van der Waals surface area contributed by atoms with Crippen LogP contribution in [0.2, 0.25) is 10.0 Å². The fourth-order valence-corrected chi connectivity index (χ4v) is 2.31. The van der Waals surface area contributed by atoms with Gasteiger partial charge in [0.05, 0.1) is 16.7 Å². The second-order valence-electron chi connectivity index (χ2n) is 4.64. The van der Waals surface area contributed by atoms with Crippen LogP contribution in [0.3, 0.4) is 0 Å². The van der Waals surface area contributed by atoms with Crippen LogP contribution in [0.5, 0.6) is 0 Å². The van der Waals surface area contributed by atoms with E-state index in [9.17, 15) is 9.59 Å².